The summed E-state index contributed by atoms with van der Waals surface area (Å²) < 4.78 is 5.88. The van der Waals surface area contributed by atoms with E-state index in [-0.39, 0.29) is 6.10 Å². The molecule has 0 amide bonds. The van der Waals surface area contributed by atoms with Crippen LogP contribution >= 0.6 is 34.8 Å². The number of aryl methyl sites for hydroxylation is 1. The number of hydrogen-bond donors (Lipinski definition) is 1. The first kappa shape index (κ1) is 14.8. The first-order valence-electron chi connectivity index (χ1n) is 6.67. The van der Waals surface area contributed by atoms with Crippen LogP contribution in [0.15, 0.2) is 30.3 Å². The summed E-state index contributed by atoms with van der Waals surface area (Å²) >= 11 is 18.3. The number of halogens is 3. The number of ether oxygens (including phenoxy) is 1. The largest absolute Gasteiger partial charge is 0.488 e. The molecule has 5 heteroatoms. The van der Waals surface area contributed by atoms with Crippen molar-refractivity contribution in [1.82, 2.24) is 0 Å². The zero-order chi connectivity index (χ0) is 15.0. The van der Waals surface area contributed by atoms with Crippen LogP contribution in [0.3, 0.4) is 0 Å². The molecule has 0 aromatic heterocycles. The molecule has 1 aliphatic rings. The summed E-state index contributed by atoms with van der Waals surface area (Å²) in [7, 11) is 0. The Balaban J connectivity index is 1.66. The van der Waals surface area contributed by atoms with Gasteiger partial charge in [0, 0.05) is 16.5 Å². The Morgan fingerprint density at radius 1 is 1.14 bits per heavy atom. The van der Waals surface area contributed by atoms with Gasteiger partial charge in [-0.15, -0.1) is 0 Å². The van der Waals surface area contributed by atoms with Crippen LogP contribution in [0.5, 0.6) is 5.75 Å². The zero-order valence-electron chi connectivity index (χ0n) is 11.4. The van der Waals surface area contributed by atoms with Crippen LogP contribution in [0.2, 0.25) is 15.1 Å². The lowest BCUT2D eigenvalue weighted by Gasteiger charge is -2.14. The highest BCUT2D eigenvalue weighted by Crippen LogP contribution is 2.32. The lowest BCUT2D eigenvalue weighted by Crippen LogP contribution is -2.24. The average Bonchev–Trinajstić information content (AvgIpc) is 2.83. The second-order valence-corrected chi connectivity index (χ2v) is 6.41. The SMILES string of the molecule is Cc1cc(Cl)c(NCC2Cc3cc(Cl)ccc3O2)cc1Cl. The average molecular weight is 343 g/mol. The summed E-state index contributed by atoms with van der Waals surface area (Å²) in [6.07, 6.45) is 0.898. The molecule has 0 fully saturated rings. The predicted molar refractivity (Wildman–Crippen MR) is 89.3 cm³/mol. The van der Waals surface area contributed by atoms with Crippen LogP contribution in [0.25, 0.3) is 0 Å². The number of fused-ring (bicyclic) bond motifs is 1. The first-order valence-corrected chi connectivity index (χ1v) is 7.81. The Kier molecular flexibility index (Phi) is 4.21. The maximum atomic E-state index is 6.22. The molecule has 0 saturated heterocycles. The fourth-order valence-corrected chi connectivity index (χ4v) is 3.05. The molecule has 3 rings (SSSR count). The van der Waals surface area contributed by atoms with Crippen molar-refractivity contribution in [2.45, 2.75) is 19.4 Å². The van der Waals surface area contributed by atoms with Gasteiger partial charge in [-0.05, 0) is 48.4 Å². The molecule has 1 heterocycles. The molecule has 1 N–H and O–H groups in total. The Morgan fingerprint density at radius 2 is 1.95 bits per heavy atom. The number of nitrogens with one attached hydrogen (secondary N) is 1. The minimum atomic E-state index is 0.0645. The third kappa shape index (κ3) is 3.23. The minimum absolute atomic E-state index is 0.0645. The van der Waals surface area contributed by atoms with E-state index in [1.54, 1.807) is 0 Å². The second-order valence-electron chi connectivity index (χ2n) is 5.16. The molecular weight excluding hydrogens is 329 g/mol. The highest BCUT2D eigenvalue weighted by Gasteiger charge is 2.23. The molecule has 2 aromatic carbocycles. The number of rotatable bonds is 3. The molecular formula is C16H14Cl3NO. The standard InChI is InChI=1S/C16H14Cl3NO/c1-9-4-14(19)15(7-13(9)18)20-8-12-6-10-5-11(17)2-3-16(10)21-12/h2-5,7,12,20H,6,8H2,1H3. The number of hydrogen-bond acceptors (Lipinski definition) is 2. The van der Waals surface area contributed by atoms with E-state index in [0.29, 0.717) is 16.6 Å². The molecule has 1 unspecified atom stereocenters. The summed E-state index contributed by atoms with van der Waals surface area (Å²) in [5.74, 6) is 0.902. The van der Waals surface area contributed by atoms with Gasteiger partial charge in [-0.1, -0.05) is 34.8 Å². The van der Waals surface area contributed by atoms with Crippen molar-refractivity contribution in [2.75, 3.05) is 11.9 Å². The van der Waals surface area contributed by atoms with E-state index >= 15 is 0 Å². The lowest BCUT2D eigenvalue weighted by atomic mass is 10.1. The van der Waals surface area contributed by atoms with E-state index in [2.05, 4.69) is 5.32 Å². The Labute approximate surface area is 139 Å². The van der Waals surface area contributed by atoms with Crippen LogP contribution < -0.4 is 10.1 Å². The molecule has 2 nitrogen and oxygen atoms in total. The van der Waals surface area contributed by atoms with Gasteiger partial charge >= 0.3 is 0 Å². The van der Waals surface area contributed by atoms with Gasteiger partial charge in [0.25, 0.3) is 0 Å². The highest BCUT2D eigenvalue weighted by molar-refractivity contribution is 6.35. The molecule has 0 bridgehead atoms. The van der Waals surface area contributed by atoms with E-state index in [1.165, 1.54) is 0 Å². The third-order valence-electron chi connectivity index (χ3n) is 3.53. The van der Waals surface area contributed by atoms with Gasteiger partial charge in [0.05, 0.1) is 17.3 Å². The van der Waals surface area contributed by atoms with Crippen molar-refractivity contribution < 1.29 is 4.74 Å². The van der Waals surface area contributed by atoms with Gasteiger partial charge in [0.15, 0.2) is 0 Å². The molecule has 0 aliphatic carbocycles. The number of benzene rings is 2. The van der Waals surface area contributed by atoms with Crippen molar-refractivity contribution in [1.29, 1.82) is 0 Å². The van der Waals surface area contributed by atoms with Crippen LogP contribution in [0.1, 0.15) is 11.1 Å². The quantitative estimate of drug-likeness (QED) is 0.809. The molecule has 0 saturated carbocycles. The molecule has 1 atom stereocenters. The van der Waals surface area contributed by atoms with Gasteiger partial charge in [0.1, 0.15) is 11.9 Å². The monoisotopic (exact) mass is 341 g/mol. The Bertz CT molecular complexity index is 687. The van der Waals surface area contributed by atoms with Gasteiger partial charge in [-0.3, -0.25) is 0 Å². The van der Waals surface area contributed by atoms with Crippen LogP contribution in [0, 0.1) is 6.92 Å². The van der Waals surface area contributed by atoms with Gasteiger partial charge in [-0.2, -0.15) is 0 Å². The molecule has 110 valence electrons. The highest BCUT2D eigenvalue weighted by atomic mass is 35.5. The Hall–Kier alpha value is -1.09. The fourth-order valence-electron chi connectivity index (χ4n) is 2.41. The minimum Gasteiger partial charge on any atom is -0.488 e. The molecule has 2 aromatic rings. The van der Waals surface area contributed by atoms with E-state index in [9.17, 15) is 0 Å². The van der Waals surface area contributed by atoms with E-state index in [0.717, 1.165) is 34.0 Å². The maximum Gasteiger partial charge on any atom is 0.123 e. The van der Waals surface area contributed by atoms with E-state index < -0.39 is 0 Å². The van der Waals surface area contributed by atoms with Crippen molar-refractivity contribution in [3.05, 3.63) is 56.5 Å². The van der Waals surface area contributed by atoms with Gasteiger partial charge in [-0.25, -0.2) is 0 Å². The van der Waals surface area contributed by atoms with Crippen LogP contribution in [-0.4, -0.2) is 12.6 Å². The fraction of sp³-hybridized carbons (Fsp3) is 0.250. The maximum absolute atomic E-state index is 6.22. The van der Waals surface area contributed by atoms with Crippen molar-refractivity contribution in [3.8, 4) is 5.75 Å². The molecule has 0 radical (unpaired) electrons. The van der Waals surface area contributed by atoms with Gasteiger partial charge in [0.2, 0.25) is 0 Å². The normalized spacial score (nSPS) is 16.5. The number of anilines is 1. The van der Waals surface area contributed by atoms with E-state index in [4.69, 9.17) is 39.5 Å². The molecule has 21 heavy (non-hydrogen) atoms. The lowest BCUT2D eigenvalue weighted by molar-refractivity contribution is 0.246. The van der Waals surface area contributed by atoms with Crippen molar-refractivity contribution in [2.24, 2.45) is 0 Å². The van der Waals surface area contributed by atoms with E-state index in [1.807, 2.05) is 37.3 Å². The van der Waals surface area contributed by atoms with Crippen LogP contribution in [0.4, 0.5) is 5.69 Å². The van der Waals surface area contributed by atoms with Crippen LogP contribution in [-0.2, 0) is 6.42 Å². The molecule has 0 spiro atoms. The molecule has 1 aliphatic heterocycles. The zero-order valence-corrected chi connectivity index (χ0v) is 13.7. The first-order chi connectivity index (χ1) is 10.0. The summed E-state index contributed by atoms with van der Waals surface area (Å²) in [6, 6.07) is 9.40. The summed E-state index contributed by atoms with van der Waals surface area (Å²) in [5.41, 5.74) is 2.93. The second kappa shape index (κ2) is 5.96. The van der Waals surface area contributed by atoms with Crippen molar-refractivity contribution in [3.63, 3.8) is 0 Å². The summed E-state index contributed by atoms with van der Waals surface area (Å²) in [5, 5.41) is 5.39. The van der Waals surface area contributed by atoms with Gasteiger partial charge < -0.3 is 10.1 Å². The Morgan fingerprint density at radius 3 is 2.76 bits per heavy atom. The third-order valence-corrected chi connectivity index (χ3v) is 4.49. The predicted octanol–water partition coefficient (Wildman–Crippen LogP) is 5.37. The summed E-state index contributed by atoms with van der Waals surface area (Å²) in [6.45, 7) is 2.59. The summed E-state index contributed by atoms with van der Waals surface area (Å²) in [4.78, 5) is 0. The smallest absolute Gasteiger partial charge is 0.123 e. The van der Waals surface area contributed by atoms with Crippen molar-refractivity contribution >= 4 is 40.5 Å². The topological polar surface area (TPSA) is 21.3 Å².